The molecule has 0 aliphatic heterocycles. The minimum absolute atomic E-state index is 0. The quantitative estimate of drug-likeness (QED) is 0.381. The minimum Gasteiger partial charge on any atom is -0.358 e. The largest absolute Gasteiger partial charge is 1.00 e. The predicted molar refractivity (Wildman–Crippen MR) is 61.7 cm³/mol. The van der Waals surface area contributed by atoms with Crippen LogP contribution in [0.4, 0.5) is 0 Å². The van der Waals surface area contributed by atoms with Gasteiger partial charge in [0.05, 0.1) is 0 Å². The van der Waals surface area contributed by atoms with E-state index in [4.69, 9.17) is 0 Å². The summed E-state index contributed by atoms with van der Waals surface area (Å²) in [7, 11) is 0. The number of rotatable bonds is 3. The molecule has 0 N–H and O–H groups in total. The summed E-state index contributed by atoms with van der Waals surface area (Å²) in [4.78, 5) is 8.23. The Balaban J connectivity index is 0.00000128. The van der Waals surface area contributed by atoms with Crippen molar-refractivity contribution in [1.82, 2.24) is 4.98 Å². The molecule has 0 bridgehead atoms. The van der Waals surface area contributed by atoms with E-state index in [1.165, 1.54) is 0 Å². The molecule has 0 spiro atoms. The van der Waals surface area contributed by atoms with Crippen molar-refractivity contribution >= 4 is 6.21 Å². The van der Waals surface area contributed by atoms with E-state index in [1.54, 1.807) is 18.6 Å². The zero-order valence-corrected chi connectivity index (χ0v) is 9.25. The van der Waals surface area contributed by atoms with Crippen LogP contribution in [0.5, 0.6) is 0 Å². The molecule has 0 unspecified atom stereocenters. The molecule has 0 atom stereocenters. The van der Waals surface area contributed by atoms with Crippen molar-refractivity contribution in [3.8, 4) is 0 Å². The zero-order chi connectivity index (χ0) is 10.3. The van der Waals surface area contributed by atoms with Crippen molar-refractivity contribution < 1.29 is 18.9 Å². The topological polar surface area (TPSA) is 25.2 Å². The maximum Gasteiger partial charge on any atom is 1.00 e. The summed E-state index contributed by atoms with van der Waals surface area (Å²) < 4.78 is 0. The molecule has 2 aromatic rings. The van der Waals surface area contributed by atoms with E-state index in [-0.39, 0.29) is 18.9 Å². The van der Waals surface area contributed by atoms with Gasteiger partial charge < -0.3 is 4.99 Å². The van der Waals surface area contributed by atoms with E-state index in [9.17, 15) is 0 Å². The average molecular weight is 202 g/mol. The van der Waals surface area contributed by atoms with Crippen LogP contribution in [-0.4, -0.2) is 11.2 Å². The second-order valence-corrected chi connectivity index (χ2v) is 3.10. The molecule has 0 aliphatic rings. The van der Waals surface area contributed by atoms with Crippen LogP contribution >= 0.6 is 0 Å². The predicted octanol–water partition coefficient (Wildman–Crippen LogP) is -0.285. The van der Waals surface area contributed by atoms with Crippen molar-refractivity contribution in [1.29, 1.82) is 0 Å². The van der Waals surface area contributed by atoms with E-state index in [0.29, 0.717) is 0 Å². The Bertz CT molecular complexity index is 426. The maximum absolute atomic E-state index is 4.22. The van der Waals surface area contributed by atoms with E-state index in [1.807, 2.05) is 49.0 Å². The van der Waals surface area contributed by atoms with E-state index in [0.717, 1.165) is 11.1 Å². The summed E-state index contributed by atoms with van der Waals surface area (Å²) in [5, 5.41) is 0. The standard InChI is InChI=1S/C13H11N2.Li/c1-2-5-12(6-3-1)9-15-11-13-7-4-8-14-10-13;/h1-11H;/q-1;+1. The van der Waals surface area contributed by atoms with Crippen LogP contribution in [0.15, 0.2) is 59.9 Å². The van der Waals surface area contributed by atoms with Gasteiger partial charge in [0, 0.05) is 12.4 Å². The molecule has 0 saturated heterocycles. The first-order valence-electron chi connectivity index (χ1n) is 4.76. The van der Waals surface area contributed by atoms with Gasteiger partial charge in [-0.2, -0.15) is 0 Å². The van der Waals surface area contributed by atoms with Crippen molar-refractivity contribution in [3.05, 3.63) is 72.5 Å². The van der Waals surface area contributed by atoms with Crippen molar-refractivity contribution in [2.45, 2.75) is 0 Å². The molecule has 1 aromatic heterocycles. The van der Waals surface area contributed by atoms with Crippen LogP contribution in [0, 0.1) is 6.54 Å². The van der Waals surface area contributed by atoms with Crippen molar-refractivity contribution in [2.75, 3.05) is 0 Å². The maximum atomic E-state index is 4.22. The second-order valence-electron chi connectivity index (χ2n) is 3.10. The molecular formula is C13H11LiN2. The third-order valence-corrected chi connectivity index (χ3v) is 1.93. The van der Waals surface area contributed by atoms with Crippen LogP contribution in [-0.2, 0) is 0 Å². The summed E-state index contributed by atoms with van der Waals surface area (Å²) in [5.41, 5.74) is 2.10. The number of aliphatic imine (C=N–C) groups is 1. The Labute approximate surface area is 108 Å². The fourth-order valence-electron chi connectivity index (χ4n) is 1.20. The Kier molecular flexibility index (Phi) is 5.42. The fraction of sp³-hybridized carbons (Fsp3) is 0. The van der Waals surface area contributed by atoms with Gasteiger partial charge in [-0.1, -0.05) is 18.7 Å². The number of hydrogen-bond acceptors (Lipinski definition) is 2. The molecule has 3 heteroatoms. The van der Waals surface area contributed by atoms with Crippen LogP contribution in [0.3, 0.4) is 0 Å². The van der Waals surface area contributed by atoms with E-state index >= 15 is 0 Å². The first-order valence-corrected chi connectivity index (χ1v) is 4.76. The number of nitrogens with zero attached hydrogens (tertiary/aromatic N) is 2. The second kappa shape index (κ2) is 6.89. The molecule has 1 aromatic carbocycles. The van der Waals surface area contributed by atoms with Crippen molar-refractivity contribution in [3.63, 3.8) is 0 Å². The Morgan fingerprint density at radius 3 is 2.56 bits per heavy atom. The normalized spacial score (nSPS) is 9.75. The molecule has 2 rings (SSSR count). The van der Waals surface area contributed by atoms with E-state index < -0.39 is 0 Å². The van der Waals surface area contributed by atoms with Crippen LogP contribution in [0.25, 0.3) is 0 Å². The Morgan fingerprint density at radius 2 is 1.88 bits per heavy atom. The fourth-order valence-corrected chi connectivity index (χ4v) is 1.20. The molecule has 0 radical (unpaired) electrons. The summed E-state index contributed by atoms with van der Waals surface area (Å²) in [6, 6.07) is 13.9. The van der Waals surface area contributed by atoms with Crippen LogP contribution < -0.4 is 18.9 Å². The van der Waals surface area contributed by atoms with Gasteiger partial charge in [-0.05, 0) is 17.8 Å². The van der Waals surface area contributed by atoms with Gasteiger partial charge in [0.15, 0.2) is 0 Å². The molecule has 2 nitrogen and oxygen atoms in total. The molecular weight excluding hydrogens is 191 g/mol. The Morgan fingerprint density at radius 1 is 1.06 bits per heavy atom. The molecule has 0 amide bonds. The molecule has 0 aliphatic carbocycles. The molecule has 0 fully saturated rings. The monoisotopic (exact) mass is 202 g/mol. The van der Waals surface area contributed by atoms with Gasteiger partial charge in [-0.15, -0.1) is 29.8 Å². The van der Waals surface area contributed by atoms with Gasteiger partial charge >= 0.3 is 18.9 Å². The minimum atomic E-state index is 0. The summed E-state index contributed by atoms with van der Waals surface area (Å²) in [5.74, 6) is 0. The smallest absolute Gasteiger partial charge is 0.358 e. The first-order chi connectivity index (χ1) is 7.45. The van der Waals surface area contributed by atoms with Gasteiger partial charge in [0.25, 0.3) is 0 Å². The van der Waals surface area contributed by atoms with Gasteiger partial charge in [0.1, 0.15) is 0 Å². The number of benzene rings is 1. The number of pyridine rings is 1. The van der Waals surface area contributed by atoms with Crippen LogP contribution in [0.2, 0.25) is 0 Å². The van der Waals surface area contributed by atoms with Crippen LogP contribution in [0.1, 0.15) is 11.1 Å². The first kappa shape index (κ1) is 12.6. The summed E-state index contributed by atoms with van der Waals surface area (Å²) >= 11 is 0. The van der Waals surface area contributed by atoms with Gasteiger partial charge in [0.2, 0.25) is 0 Å². The number of hydrogen-bond donors (Lipinski definition) is 0. The molecule has 0 saturated carbocycles. The summed E-state index contributed by atoms with van der Waals surface area (Å²) in [6.45, 7) is 1.83. The third kappa shape index (κ3) is 3.94. The zero-order valence-electron chi connectivity index (χ0n) is 9.25. The van der Waals surface area contributed by atoms with Gasteiger partial charge in [-0.3, -0.25) is 4.98 Å². The SMILES string of the molecule is C(=N[CH-]c1ccccc1)c1cccnc1.[Li+]. The molecule has 1 heterocycles. The number of aromatic nitrogens is 1. The molecule has 74 valence electrons. The average Bonchev–Trinajstić information content (AvgIpc) is 2.32. The molecule has 16 heavy (non-hydrogen) atoms. The van der Waals surface area contributed by atoms with E-state index in [2.05, 4.69) is 9.98 Å². The van der Waals surface area contributed by atoms with Crippen molar-refractivity contribution in [2.24, 2.45) is 4.99 Å². The Hall–Kier alpha value is -1.49. The summed E-state index contributed by atoms with van der Waals surface area (Å²) in [6.07, 6.45) is 5.32. The van der Waals surface area contributed by atoms with Gasteiger partial charge in [-0.25, -0.2) is 0 Å². The third-order valence-electron chi connectivity index (χ3n) is 1.93.